The standard InChI is InChI=1S/C13H14N2O2S3/c1-15(20(16,17)13-5-3-7-18-13)9-11-8-12(19-10-11)4-2-6-14/h3,5,7-8,10H,6,9,14H2,1H3. The Bertz CT molecular complexity index is 721. The third kappa shape index (κ3) is 3.48. The second-order valence-electron chi connectivity index (χ2n) is 4.02. The van der Waals surface area contributed by atoms with Crippen molar-refractivity contribution >= 4 is 32.7 Å². The molecule has 2 heterocycles. The third-order valence-corrected chi connectivity index (χ3v) is 6.60. The van der Waals surface area contributed by atoms with Gasteiger partial charge in [-0.2, -0.15) is 4.31 Å². The molecule has 0 saturated carbocycles. The van der Waals surface area contributed by atoms with Gasteiger partial charge >= 0.3 is 0 Å². The molecule has 0 unspecified atom stereocenters. The molecular formula is C13H14N2O2S3. The van der Waals surface area contributed by atoms with Crippen molar-refractivity contribution in [1.82, 2.24) is 4.31 Å². The van der Waals surface area contributed by atoms with Gasteiger partial charge in [0, 0.05) is 13.6 Å². The van der Waals surface area contributed by atoms with Crippen molar-refractivity contribution in [3.8, 4) is 11.8 Å². The van der Waals surface area contributed by atoms with E-state index in [0.29, 0.717) is 17.3 Å². The molecule has 0 fully saturated rings. The number of nitrogens with two attached hydrogens (primary N) is 1. The van der Waals surface area contributed by atoms with Gasteiger partial charge in [0.1, 0.15) is 4.21 Å². The average Bonchev–Trinajstić information content (AvgIpc) is 3.07. The predicted molar refractivity (Wildman–Crippen MR) is 83.2 cm³/mol. The number of rotatable bonds is 4. The van der Waals surface area contributed by atoms with E-state index < -0.39 is 10.0 Å². The summed E-state index contributed by atoms with van der Waals surface area (Å²) in [7, 11) is -1.82. The quantitative estimate of drug-likeness (QED) is 0.873. The van der Waals surface area contributed by atoms with Gasteiger partial charge in [-0.05, 0) is 28.5 Å². The average molecular weight is 326 g/mol. The van der Waals surface area contributed by atoms with E-state index in [1.165, 1.54) is 27.0 Å². The van der Waals surface area contributed by atoms with E-state index in [-0.39, 0.29) is 0 Å². The Morgan fingerprint density at radius 1 is 1.40 bits per heavy atom. The van der Waals surface area contributed by atoms with Crippen LogP contribution >= 0.6 is 22.7 Å². The van der Waals surface area contributed by atoms with Gasteiger partial charge in [0.05, 0.1) is 11.4 Å². The fourth-order valence-electron chi connectivity index (χ4n) is 1.57. The molecule has 7 heteroatoms. The van der Waals surface area contributed by atoms with Crippen molar-refractivity contribution in [3.05, 3.63) is 39.4 Å². The van der Waals surface area contributed by atoms with Crippen molar-refractivity contribution in [1.29, 1.82) is 0 Å². The van der Waals surface area contributed by atoms with Crippen LogP contribution in [0.1, 0.15) is 10.4 Å². The summed E-state index contributed by atoms with van der Waals surface area (Å²) in [5.74, 6) is 5.72. The van der Waals surface area contributed by atoms with Gasteiger partial charge in [-0.15, -0.1) is 22.7 Å². The molecule has 0 aliphatic carbocycles. The molecule has 0 saturated heterocycles. The van der Waals surface area contributed by atoms with E-state index in [1.54, 1.807) is 24.6 Å². The lowest BCUT2D eigenvalue weighted by Gasteiger charge is -2.14. The number of nitrogens with zero attached hydrogens (tertiary/aromatic N) is 1. The van der Waals surface area contributed by atoms with Crippen molar-refractivity contribution in [3.63, 3.8) is 0 Å². The van der Waals surface area contributed by atoms with E-state index in [0.717, 1.165) is 10.4 Å². The van der Waals surface area contributed by atoms with Gasteiger partial charge in [0.25, 0.3) is 10.0 Å². The van der Waals surface area contributed by atoms with Crippen LogP contribution in [-0.4, -0.2) is 26.3 Å². The number of hydrogen-bond acceptors (Lipinski definition) is 5. The molecule has 4 nitrogen and oxygen atoms in total. The highest BCUT2D eigenvalue weighted by Crippen LogP contribution is 2.22. The van der Waals surface area contributed by atoms with E-state index >= 15 is 0 Å². The second kappa shape index (κ2) is 6.52. The Hall–Kier alpha value is -1.17. The van der Waals surface area contributed by atoms with Gasteiger partial charge in [0.15, 0.2) is 0 Å². The van der Waals surface area contributed by atoms with Crippen LogP contribution < -0.4 is 5.73 Å². The van der Waals surface area contributed by atoms with Crippen LogP contribution in [0.4, 0.5) is 0 Å². The van der Waals surface area contributed by atoms with Crippen LogP contribution in [0.5, 0.6) is 0 Å². The highest BCUT2D eigenvalue weighted by Gasteiger charge is 2.21. The molecule has 2 N–H and O–H groups in total. The molecular weight excluding hydrogens is 312 g/mol. The first-order chi connectivity index (χ1) is 9.54. The number of thiophene rings is 2. The SMILES string of the molecule is CN(Cc1csc(C#CCN)c1)S(=O)(=O)c1cccs1. The minimum absolute atomic E-state index is 0.319. The fraction of sp³-hybridized carbons (Fsp3) is 0.231. The van der Waals surface area contributed by atoms with Crippen LogP contribution in [0.15, 0.2) is 33.2 Å². The first kappa shape index (κ1) is 15.2. The summed E-state index contributed by atoms with van der Waals surface area (Å²) in [5, 5.41) is 3.67. The maximum absolute atomic E-state index is 12.3. The first-order valence-electron chi connectivity index (χ1n) is 5.80. The van der Waals surface area contributed by atoms with Crippen molar-refractivity contribution in [2.45, 2.75) is 10.8 Å². The lowest BCUT2D eigenvalue weighted by Crippen LogP contribution is -2.25. The molecule has 20 heavy (non-hydrogen) atoms. The normalized spacial score (nSPS) is 11.3. The maximum Gasteiger partial charge on any atom is 0.252 e. The molecule has 0 amide bonds. The summed E-state index contributed by atoms with van der Waals surface area (Å²) in [4.78, 5) is 0.896. The van der Waals surface area contributed by atoms with Gasteiger partial charge in [-0.3, -0.25) is 0 Å². The second-order valence-corrected chi connectivity index (χ2v) is 8.15. The third-order valence-electron chi connectivity index (χ3n) is 2.53. The topological polar surface area (TPSA) is 63.4 Å². The molecule has 0 aliphatic rings. The lowest BCUT2D eigenvalue weighted by atomic mass is 10.3. The highest BCUT2D eigenvalue weighted by molar-refractivity contribution is 7.91. The summed E-state index contributed by atoms with van der Waals surface area (Å²) in [5.41, 5.74) is 6.25. The Balaban J connectivity index is 2.12. The molecule has 0 bridgehead atoms. The minimum atomic E-state index is -3.40. The Morgan fingerprint density at radius 3 is 2.85 bits per heavy atom. The zero-order valence-electron chi connectivity index (χ0n) is 10.9. The van der Waals surface area contributed by atoms with Crippen LogP contribution in [0, 0.1) is 11.8 Å². The van der Waals surface area contributed by atoms with E-state index in [2.05, 4.69) is 11.8 Å². The zero-order chi connectivity index (χ0) is 14.6. The summed E-state index contributed by atoms with van der Waals surface area (Å²) in [6.45, 7) is 0.654. The monoisotopic (exact) mass is 326 g/mol. The van der Waals surface area contributed by atoms with Crippen LogP contribution in [0.3, 0.4) is 0 Å². The van der Waals surface area contributed by atoms with Crippen molar-refractivity contribution in [2.75, 3.05) is 13.6 Å². The largest absolute Gasteiger partial charge is 0.320 e. The highest BCUT2D eigenvalue weighted by atomic mass is 32.2. The van der Waals surface area contributed by atoms with Crippen LogP contribution in [-0.2, 0) is 16.6 Å². The Morgan fingerprint density at radius 2 is 2.20 bits per heavy atom. The molecule has 0 atom stereocenters. The Labute approximate surface area is 126 Å². The summed E-state index contributed by atoms with van der Waals surface area (Å²) < 4.78 is 26.3. The fourth-order valence-corrected chi connectivity index (χ4v) is 4.70. The number of sulfonamides is 1. The summed E-state index contributed by atoms with van der Waals surface area (Å²) in [6, 6.07) is 5.24. The molecule has 2 aromatic rings. The first-order valence-corrected chi connectivity index (χ1v) is 9.00. The molecule has 106 valence electrons. The van der Waals surface area contributed by atoms with Crippen molar-refractivity contribution < 1.29 is 8.42 Å². The van der Waals surface area contributed by atoms with E-state index in [9.17, 15) is 8.42 Å². The predicted octanol–water partition coefficient (Wildman–Crippen LogP) is 1.94. The molecule has 0 radical (unpaired) electrons. The van der Waals surface area contributed by atoms with Gasteiger partial charge < -0.3 is 5.73 Å². The maximum atomic E-state index is 12.3. The molecule has 2 aromatic heterocycles. The number of hydrogen-bond donors (Lipinski definition) is 1. The summed E-state index contributed by atoms with van der Waals surface area (Å²) >= 11 is 2.71. The molecule has 0 spiro atoms. The smallest absolute Gasteiger partial charge is 0.252 e. The van der Waals surface area contributed by atoms with E-state index in [1.807, 2.05) is 11.4 Å². The van der Waals surface area contributed by atoms with Gasteiger partial charge in [0.2, 0.25) is 0 Å². The summed E-state index contributed by atoms with van der Waals surface area (Å²) in [6.07, 6.45) is 0. The van der Waals surface area contributed by atoms with E-state index in [4.69, 9.17) is 5.73 Å². The van der Waals surface area contributed by atoms with Crippen molar-refractivity contribution in [2.24, 2.45) is 5.73 Å². The molecule has 2 rings (SSSR count). The van der Waals surface area contributed by atoms with Gasteiger partial charge in [-0.25, -0.2) is 8.42 Å². The minimum Gasteiger partial charge on any atom is -0.320 e. The van der Waals surface area contributed by atoms with Crippen LogP contribution in [0.2, 0.25) is 0 Å². The van der Waals surface area contributed by atoms with Crippen LogP contribution in [0.25, 0.3) is 0 Å². The molecule has 0 aromatic carbocycles. The lowest BCUT2D eigenvalue weighted by molar-refractivity contribution is 0.469. The molecule has 0 aliphatic heterocycles. The zero-order valence-corrected chi connectivity index (χ0v) is 13.3. The van der Waals surface area contributed by atoms with Gasteiger partial charge in [-0.1, -0.05) is 17.9 Å². The Kier molecular flexibility index (Phi) is 4.96.